The summed E-state index contributed by atoms with van der Waals surface area (Å²) in [5.41, 5.74) is 3.24. The van der Waals surface area contributed by atoms with E-state index in [2.05, 4.69) is 52.9 Å². The van der Waals surface area contributed by atoms with Gasteiger partial charge in [0.15, 0.2) is 0 Å². The highest BCUT2D eigenvalue weighted by Crippen LogP contribution is 2.30. The molecule has 18 heavy (non-hydrogen) atoms. The Kier molecular flexibility index (Phi) is 3.89. The van der Waals surface area contributed by atoms with Gasteiger partial charge in [0, 0.05) is 12.6 Å². The average Bonchev–Trinajstić information content (AvgIpc) is 2.25. The number of nitrogens with one attached hydrogen (secondary N) is 1. The molecule has 0 saturated heterocycles. The first-order valence-electron chi connectivity index (χ1n) is 6.44. The van der Waals surface area contributed by atoms with Gasteiger partial charge in [0.1, 0.15) is 0 Å². The van der Waals surface area contributed by atoms with Crippen LogP contribution in [0.2, 0.25) is 0 Å². The second-order valence-corrected chi connectivity index (χ2v) is 6.88. The topological polar surface area (TPSA) is 29.1 Å². The lowest BCUT2D eigenvalue weighted by molar-refractivity contribution is 0.0963. The molecule has 1 N–H and O–H groups in total. The molecule has 1 amide bonds. The molecule has 0 saturated carbocycles. The fraction of sp³-hybridized carbons (Fsp3) is 0.562. The Labute approximate surface area is 111 Å². The van der Waals surface area contributed by atoms with E-state index in [1.165, 1.54) is 11.1 Å². The molecule has 1 rings (SSSR count). The lowest BCUT2D eigenvalue weighted by Gasteiger charge is -2.26. The molecule has 0 aliphatic carbocycles. The van der Waals surface area contributed by atoms with Gasteiger partial charge in [-0.2, -0.15) is 0 Å². The molecule has 0 radical (unpaired) electrons. The second-order valence-electron chi connectivity index (χ2n) is 6.88. The predicted octanol–water partition coefficient (Wildman–Crippen LogP) is 3.64. The number of benzene rings is 1. The van der Waals surface area contributed by atoms with E-state index in [1.54, 1.807) is 7.05 Å². The monoisotopic (exact) mass is 247 g/mol. The number of carbonyl (C=O) groups is 1. The molecule has 0 atom stereocenters. The highest BCUT2D eigenvalue weighted by atomic mass is 16.1. The molecule has 1 aromatic carbocycles. The molecular formula is C16H25NO. The van der Waals surface area contributed by atoms with Crippen molar-refractivity contribution >= 4 is 5.91 Å². The van der Waals surface area contributed by atoms with Crippen LogP contribution in [0.3, 0.4) is 0 Å². The van der Waals surface area contributed by atoms with Gasteiger partial charge < -0.3 is 5.32 Å². The number of amides is 1. The summed E-state index contributed by atoms with van der Waals surface area (Å²) in [5.74, 6) is -0.0217. The van der Waals surface area contributed by atoms with Gasteiger partial charge >= 0.3 is 0 Å². The third-order valence-electron chi connectivity index (χ3n) is 3.15. The Balaban J connectivity index is 3.44. The van der Waals surface area contributed by atoms with Crippen molar-refractivity contribution in [3.63, 3.8) is 0 Å². The summed E-state index contributed by atoms with van der Waals surface area (Å²) in [6.45, 7) is 13.0. The van der Waals surface area contributed by atoms with Gasteiger partial charge in [-0.1, -0.05) is 47.6 Å². The predicted molar refractivity (Wildman–Crippen MR) is 77.2 cm³/mol. The smallest absolute Gasteiger partial charge is 0.251 e. The molecule has 0 aliphatic rings. The van der Waals surface area contributed by atoms with Gasteiger partial charge in [0.05, 0.1) is 0 Å². The van der Waals surface area contributed by atoms with E-state index in [4.69, 9.17) is 0 Å². The second kappa shape index (κ2) is 4.75. The third kappa shape index (κ3) is 3.34. The van der Waals surface area contributed by atoms with Crippen LogP contribution < -0.4 is 5.32 Å². The van der Waals surface area contributed by atoms with Gasteiger partial charge in [0.25, 0.3) is 5.91 Å². The fourth-order valence-electron chi connectivity index (χ4n) is 1.77. The van der Waals surface area contributed by atoms with Crippen LogP contribution in [-0.2, 0) is 10.8 Å². The number of hydrogen-bond acceptors (Lipinski definition) is 1. The van der Waals surface area contributed by atoms with Gasteiger partial charge in [0.2, 0.25) is 0 Å². The highest BCUT2D eigenvalue weighted by Gasteiger charge is 2.21. The summed E-state index contributed by atoms with van der Waals surface area (Å²) >= 11 is 0. The third-order valence-corrected chi connectivity index (χ3v) is 3.15. The summed E-state index contributed by atoms with van der Waals surface area (Å²) in [5, 5.41) is 2.70. The van der Waals surface area contributed by atoms with E-state index >= 15 is 0 Å². The van der Waals surface area contributed by atoms with E-state index < -0.39 is 0 Å². The Morgan fingerprint density at radius 1 is 0.889 bits per heavy atom. The Morgan fingerprint density at radius 2 is 1.28 bits per heavy atom. The minimum Gasteiger partial charge on any atom is -0.355 e. The number of carbonyl (C=O) groups excluding carboxylic acids is 1. The van der Waals surface area contributed by atoms with E-state index in [0.29, 0.717) is 0 Å². The SMILES string of the molecule is CNC(=O)c1cc(C(C)(C)C)cc(C(C)(C)C)c1. The van der Waals surface area contributed by atoms with Crippen molar-refractivity contribution in [2.75, 3.05) is 7.05 Å². The van der Waals surface area contributed by atoms with Crippen molar-refractivity contribution < 1.29 is 4.79 Å². The lowest BCUT2D eigenvalue weighted by atomic mass is 9.79. The molecule has 0 bridgehead atoms. The fourth-order valence-corrected chi connectivity index (χ4v) is 1.77. The maximum atomic E-state index is 11.9. The van der Waals surface area contributed by atoms with Crippen molar-refractivity contribution in [1.82, 2.24) is 5.32 Å². The lowest BCUT2D eigenvalue weighted by Crippen LogP contribution is -2.22. The molecule has 2 heteroatoms. The summed E-state index contributed by atoms with van der Waals surface area (Å²) in [6.07, 6.45) is 0. The van der Waals surface area contributed by atoms with Gasteiger partial charge in [-0.25, -0.2) is 0 Å². The van der Waals surface area contributed by atoms with Crippen LogP contribution in [0.5, 0.6) is 0 Å². The molecule has 2 nitrogen and oxygen atoms in total. The summed E-state index contributed by atoms with van der Waals surface area (Å²) in [4.78, 5) is 11.9. The van der Waals surface area contributed by atoms with Crippen LogP contribution in [0.25, 0.3) is 0 Å². The van der Waals surface area contributed by atoms with Crippen LogP contribution in [0.1, 0.15) is 63.0 Å². The molecule has 100 valence electrons. The first-order valence-corrected chi connectivity index (χ1v) is 6.44. The molecule has 0 aromatic heterocycles. The van der Waals surface area contributed by atoms with E-state index in [9.17, 15) is 4.79 Å². The standard InChI is InChI=1S/C16H25NO/c1-15(2,3)12-8-11(14(18)17-7)9-13(10-12)16(4,5)6/h8-10H,1-7H3,(H,17,18). The Bertz CT molecular complexity index is 415. The zero-order valence-electron chi connectivity index (χ0n) is 12.6. The van der Waals surface area contributed by atoms with Crippen LogP contribution in [0.4, 0.5) is 0 Å². The van der Waals surface area contributed by atoms with Crippen molar-refractivity contribution in [2.24, 2.45) is 0 Å². The molecule has 0 heterocycles. The molecule has 0 spiro atoms. The Morgan fingerprint density at radius 3 is 1.56 bits per heavy atom. The van der Waals surface area contributed by atoms with Crippen LogP contribution >= 0.6 is 0 Å². The van der Waals surface area contributed by atoms with E-state index in [0.717, 1.165) is 5.56 Å². The first kappa shape index (κ1) is 14.7. The van der Waals surface area contributed by atoms with Crippen LogP contribution in [0, 0.1) is 0 Å². The Hall–Kier alpha value is -1.31. The average molecular weight is 247 g/mol. The number of rotatable bonds is 1. The van der Waals surface area contributed by atoms with E-state index in [1.807, 2.05) is 12.1 Å². The van der Waals surface area contributed by atoms with Crippen molar-refractivity contribution in [1.29, 1.82) is 0 Å². The largest absolute Gasteiger partial charge is 0.355 e. The molecule has 0 fully saturated rings. The minimum absolute atomic E-state index is 0.0217. The zero-order valence-corrected chi connectivity index (χ0v) is 12.6. The number of hydrogen-bond donors (Lipinski definition) is 1. The van der Waals surface area contributed by atoms with Crippen molar-refractivity contribution in [3.05, 3.63) is 34.9 Å². The van der Waals surface area contributed by atoms with Gasteiger partial charge in [-0.15, -0.1) is 0 Å². The first-order chi connectivity index (χ1) is 8.05. The summed E-state index contributed by atoms with van der Waals surface area (Å²) in [7, 11) is 1.67. The molecule has 1 aromatic rings. The normalized spacial score (nSPS) is 12.4. The molecule has 0 unspecified atom stereocenters. The molecular weight excluding hydrogens is 222 g/mol. The summed E-state index contributed by atoms with van der Waals surface area (Å²) < 4.78 is 0. The summed E-state index contributed by atoms with van der Waals surface area (Å²) in [6, 6.07) is 6.20. The quantitative estimate of drug-likeness (QED) is 0.806. The zero-order chi connectivity index (χ0) is 14.1. The maximum absolute atomic E-state index is 11.9. The minimum atomic E-state index is -0.0217. The van der Waals surface area contributed by atoms with Crippen molar-refractivity contribution in [3.8, 4) is 0 Å². The van der Waals surface area contributed by atoms with Gasteiger partial charge in [-0.3, -0.25) is 4.79 Å². The van der Waals surface area contributed by atoms with E-state index in [-0.39, 0.29) is 16.7 Å². The highest BCUT2D eigenvalue weighted by molar-refractivity contribution is 5.94. The molecule has 0 aliphatic heterocycles. The maximum Gasteiger partial charge on any atom is 0.251 e. The van der Waals surface area contributed by atoms with Crippen molar-refractivity contribution in [2.45, 2.75) is 52.4 Å². The van der Waals surface area contributed by atoms with Crippen LogP contribution in [-0.4, -0.2) is 13.0 Å². The van der Waals surface area contributed by atoms with Crippen LogP contribution in [0.15, 0.2) is 18.2 Å². The van der Waals surface area contributed by atoms with Gasteiger partial charge in [-0.05, 0) is 34.1 Å².